The second kappa shape index (κ2) is 10.4. The lowest BCUT2D eigenvalue weighted by Crippen LogP contribution is -2.48. The van der Waals surface area contributed by atoms with Gasteiger partial charge in [0.25, 0.3) is 0 Å². The van der Waals surface area contributed by atoms with Gasteiger partial charge < -0.3 is 24.6 Å². The largest absolute Gasteiger partial charge is 0.493 e. The van der Waals surface area contributed by atoms with Gasteiger partial charge >= 0.3 is 12.1 Å². The van der Waals surface area contributed by atoms with Crippen molar-refractivity contribution >= 4 is 12.1 Å². The van der Waals surface area contributed by atoms with Crippen LogP contribution in [0.25, 0.3) is 0 Å². The van der Waals surface area contributed by atoms with Crippen molar-refractivity contribution in [2.24, 2.45) is 17.8 Å². The van der Waals surface area contributed by atoms with Crippen molar-refractivity contribution in [2.75, 3.05) is 33.9 Å². The van der Waals surface area contributed by atoms with Crippen LogP contribution in [0.3, 0.4) is 0 Å². The highest BCUT2D eigenvalue weighted by atomic mass is 16.5. The van der Waals surface area contributed by atoms with Crippen molar-refractivity contribution < 1.29 is 28.9 Å². The molecule has 0 radical (unpaired) electrons. The van der Waals surface area contributed by atoms with Crippen LogP contribution >= 0.6 is 0 Å². The first-order valence-electron chi connectivity index (χ1n) is 11.4. The molecule has 0 aromatic heterocycles. The second-order valence-corrected chi connectivity index (χ2v) is 9.35. The molecule has 1 amide bonds. The third kappa shape index (κ3) is 5.46. The third-order valence-corrected chi connectivity index (χ3v) is 6.68. The summed E-state index contributed by atoms with van der Waals surface area (Å²) in [5.41, 5.74) is 2.53. The number of rotatable bonds is 8. The Morgan fingerprint density at radius 1 is 1.16 bits per heavy atom. The number of amides is 1. The van der Waals surface area contributed by atoms with Crippen molar-refractivity contribution in [3.05, 3.63) is 23.3 Å². The summed E-state index contributed by atoms with van der Waals surface area (Å²) in [7, 11) is 3.30. The van der Waals surface area contributed by atoms with E-state index in [1.165, 1.54) is 18.1 Å². The Labute approximate surface area is 190 Å². The Hall–Kier alpha value is -2.48. The zero-order valence-corrected chi connectivity index (χ0v) is 19.7. The summed E-state index contributed by atoms with van der Waals surface area (Å²) in [6.45, 7) is 8.08. The first-order valence-corrected chi connectivity index (χ1v) is 11.4. The molecule has 1 fully saturated rings. The van der Waals surface area contributed by atoms with E-state index >= 15 is 0 Å². The molecule has 3 rings (SSSR count). The minimum absolute atomic E-state index is 0.198. The summed E-state index contributed by atoms with van der Waals surface area (Å²) in [6.07, 6.45) is 2.23. The number of carbonyl (C=O) groups is 2. The number of fused-ring (bicyclic) bond motifs is 3. The van der Waals surface area contributed by atoms with Gasteiger partial charge in [-0.25, -0.2) is 4.79 Å². The summed E-state index contributed by atoms with van der Waals surface area (Å²) >= 11 is 0. The van der Waals surface area contributed by atoms with Crippen molar-refractivity contribution in [1.29, 1.82) is 0 Å². The number of benzene rings is 1. The SMILES string of the molecule is COc1cc2c(cc1OC)[C@H]1C[C@@H](COC(=O)N[C@@H](C)C(=O)O)[C@H](CC(C)C)CN1CC2. The molecular weight excluding hydrogens is 412 g/mol. The highest BCUT2D eigenvalue weighted by Crippen LogP contribution is 2.45. The molecule has 178 valence electrons. The maximum Gasteiger partial charge on any atom is 0.407 e. The smallest absolute Gasteiger partial charge is 0.407 e. The van der Waals surface area contributed by atoms with Gasteiger partial charge in [-0.2, -0.15) is 0 Å². The maximum atomic E-state index is 12.1. The molecule has 1 aromatic rings. The van der Waals surface area contributed by atoms with Crippen molar-refractivity contribution in [3.8, 4) is 11.5 Å². The normalized spacial score (nSPS) is 23.6. The van der Waals surface area contributed by atoms with Gasteiger partial charge in [0.15, 0.2) is 11.5 Å². The highest BCUT2D eigenvalue weighted by molar-refractivity contribution is 5.79. The number of hydrogen-bond donors (Lipinski definition) is 2. The van der Waals surface area contributed by atoms with Gasteiger partial charge in [-0.15, -0.1) is 0 Å². The Kier molecular flexibility index (Phi) is 7.87. The minimum Gasteiger partial charge on any atom is -0.493 e. The molecule has 0 unspecified atom stereocenters. The number of carbonyl (C=O) groups excluding carboxylic acids is 1. The third-order valence-electron chi connectivity index (χ3n) is 6.68. The first-order chi connectivity index (χ1) is 15.2. The molecule has 1 aromatic carbocycles. The molecule has 0 aliphatic carbocycles. The summed E-state index contributed by atoms with van der Waals surface area (Å²) in [5.74, 6) is 1.54. The lowest BCUT2D eigenvalue weighted by Gasteiger charge is -2.47. The zero-order valence-electron chi connectivity index (χ0n) is 19.7. The molecule has 1 saturated heterocycles. The van der Waals surface area contributed by atoms with E-state index < -0.39 is 18.1 Å². The summed E-state index contributed by atoms with van der Waals surface area (Å²) in [5, 5.41) is 11.4. The van der Waals surface area contributed by atoms with E-state index in [4.69, 9.17) is 19.3 Å². The number of ether oxygens (including phenoxy) is 3. The Morgan fingerprint density at radius 3 is 2.47 bits per heavy atom. The highest BCUT2D eigenvalue weighted by Gasteiger charge is 2.40. The van der Waals surface area contributed by atoms with Gasteiger partial charge in [-0.05, 0) is 67.2 Å². The molecule has 32 heavy (non-hydrogen) atoms. The average molecular weight is 449 g/mol. The molecule has 0 bridgehead atoms. The van der Waals surface area contributed by atoms with E-state index in [2.05, 4.69) is 36.2 Å². The number of alkyl carbamates (subject to hydrolysis) is 1. The number of carboxylic acids is 1. The number of carboxylic acid groups (broad SMARTS) is 1. The molecular formula is C24H36N2O6. The topological polar surface area (TPSA) is 97.3 Å². The quantitative estimate of drug-likeness (QED) is 0.628. The van der Waals surface area contributed by atoms with Gasteiger partial charge in [0.2, 0.25) is 0 Å². The zero-order chi connectivity index (χ0) is 23.4. The number of methoxy groups -OCH3 is 2. The summed E-state index contributed by atoms with van der Waals surface area (Å²) < 4.78 is 16.5. The standard InChI is InChI=1S/C24H36N2O6/c1-14(2)8-17-12-26-7-6-16-10-21(30-4)22(31-5)11-19(16)20(26)9-18(17)13-32-24(29)25-15(3)23(27)28/h10-11,14-15,17-18,20H,6-9,12-13H2,1-5H3,(H,25,29)(H,27,28)/t15-,17+,18-,20+/m0/s1. The molecule has 2 heterocycles. The monoisotopic (exact) mass is 448 g/mol. The van der Waals surface area contributed by atoms with Crippen molar-refractivity contribution in [1.82, 2.24) is 10.2 Å². The summed E-state index contributed by atoms with van der Waals surface area (Å²) in [6, 6.07) is 3.42. The molecule has 8 nitrogen and oxygen atoms in total. The molecule has 2 aliphatic rings. The van der Waals surface area contributed by atoms with Gasteiger partial charge in [-0.3, -0.25) is 9.69 Å². The maximum absolute atomic E-state index is 12.1. The second-order valence-electron chi connectivity index (χ2n) is 9.35. The average Bonchev–Trinajstić information content (AvgIpc) is 2.75. The molecule has 8 heteroatoms. The molecule has 2 aliphatic heterocycles. The Balaban J connectivity index is 1.78. The summed E-state index contributed by atoms with van der Waals surface area (Å²) in [4.78, 5) is 25.7. The number of piperidine rings is 1. The fourth-order valence-electron chi connectivity index (χ4n) is 5.04. The molecule has 0 saturated carbocycles. The van der Waals surface area contributed by atoms with Crippen molar-refractivity contribution in [2.45, 2.75) is 52.1 Å². The lowest BCUT2D eigenvalue weighted by atomic mass is 9.74. The van der Waals surface area contributed by atoms with Crippen LogP contribution in [0.1, 0.15) is 50.8 Å². The van der Waals surface area contributed by atoms with Gasteiger partial charge in [-0.1, -0.05) is 13.8 Å². The van der Waals surface area contributed by atoms with Crippen molar-refractivity contribution in [3.63, 3.8) is 0 Å². The predicted molar refractivity (Wildman–Crippen MR) is 120 cm³/mol. The van der Waals surface area contributed by atoms with Crippen LogP contribution in [0.2, 0.25) is 0 Å². The van der Waals surface area contributed by atoms with Crippen LogP contribution < -0.4 is 14.8 Å². The number of nitrogens with one attached hydrogen (secondary N) is 1. The lowest BCUT2D eigenvalue weighted by molar-refractivity contribution is -0.138. The van der Waals surface area contributed by atoms with E-state index in [9.17, 15) is 9.59 Å². The number of hydrogen-bond acceptors (Lipinski definition) is 6. The van der Waals surface area contributed by atoms with E-state index in [1.54, 1.807) is 14.2 Å². The van der Waals surface area contributed by atoms with Crippen LogP contribution in [0, 0.1) is 17.8 Å². The van der Waals surface area contributed by atoms with E-state index in [-0.39, 0.29) is 18.6 Å². The van der Waals surface area contributed by atoms with Crippen LogP contribution in [0.15, 0.2) is 12.1 Å². The van der Waals surface area contributed by atoms with Gasteiger partial charge in [0, 0.05) is 19.1 Å². The fourth-order valence-corrected chi connectivity index (χ4v) is 5.04. The van der Waals surface area contributed by atoms with E-state index in [1.807, 2.05) is 0 Å². The fraction of sp³-hybridized carbons (Fsp3) is 0.667. The Morgan fingerprint density at radius 2 is 1.84 bits per heavy atom. The predicted octanol–water partition coefficient (Wildman–Crippen LogP) is 3.48. The van der Waals surface area contributed by atoms with Crippen LogP contribution in [0.4, 0.5) is 4.79 Å². The van der Waals surface area contributed by atoms with Gasteiger partial charge in [0.1, 0.15) is 6.04 Å². The minimum atomic E-state index is -1.09. The molecule has 2 N–H and O–H groups in total. The van der Waals surface area contributed by atoms with E-state index in [0.29, 0.717) is 11.8 Å². The van der Waals surface area contributed by atoms with E-state index in [0.717, 1.165) is 43.9 Å². The molecule has 0 spiro atoms. The van der Waals surface area contributed by atoms with Gasteiger partial charge in [0.05, 0.1) is 20.8 Å². The van der Waals surface area contributed by atoms with Crippen LogP contribution in [-0.4, -0.2) is 62.0 Å². The molecule has 4 atom stereocenters. The number of nitrogens with zero attached hydrogens (tertiary/aromatic N) is 1. The Bertz CT molecular complexity index is 827. The van der Waals surface area contributed by atoms with Crippen LogP contribution in [-0.2, 0) is 16.0 Å². The van der Waals surface area contributed by atoms with Crippen LogP contribution in [0.5, 0.6) is 11.5 Å². The number of aliphatic carboxylic acids is 1. The first kappa shape index (κ1) is 24.2.